The van der Waals surface area contributed by atoms with Crippen LogP contribution in [0.5, 0.6) is 11.5 Å². The molecule has 0 aromatic heterocycles. The van der Waals surface area contributed by atoms with Gasteiger partial charge in [-0.25, -0.2) is 0 Å². The third-order valence-corrected chi connectivity index (χ3v) is 4.10. The molecule has 144 valence electrons. The van der Waals surface area contributed by atoms with Gasteiger partial charge in [0.05, 0.1) is 5.56 Å². The molecule has 2 N–H and O–H groups in total. The Kier molecular flexibility index (Phi) is 6.89. The molecule has 6 heteroatoms. The zero-order valence-electron chi connectivity index (χ0n) is 15.0. The average Bonchev–Trinajstić information content (AvgIpc) is 2.73. The Morgan fingerprint density at radius 3 is 2.29 bits per heavy atom. The van der Waals surface area contributed by atoms with Gasteiger partial charge in [0.25, 0.3) is 5.91 Å². The molecule has 3 aromatic rings. The number of aliphatic hydroxyl groups excluding tert-OH is 1. The number of rotatable bonds is 8. The lowest BCUT2D eigenvalue weighted by Crippen LogP contribution is -2.25. The molecule has 0 saturated heterocycles. The van der Waals surface area contributed by atoms with Crippen molar-refractivity contribution in [3.05, 3.63) is 89.4 Å². The summed E-state index contributed by atoms with van der Waals surface area (Å²) in [4.78, 5) is 12.5. The molecule has 0 heterocycles. The number of benzene rings is 3. The summed E-state index contributed by atoms with van der Waals surface area (Å²) in [5.41, 5.74) is 1.08. The molecule has 3 rings (SSSR count). The van der Waals surface area contributed by atoms with Gasteiger partial charge >= 0.3 is 0 Å². The van der Waals surface area contributed by atoms with Crippen LogP contribution >= 0.6 is 11.6 Å². The summed E-state index contributed by atoms with van der Waals surface area (Å²) in [5.74, 6) is 0.710. The van der Waals surface area contributed by atoms with Crippen LogP contribution in [-0.2, 0) is 0 Å². The lowest BCUT2D eigenvalue weighted by atomic mass is 10.2. The molecule has 0 aliphatic carbocycles. The van der Waals surface area contributed by atoms with Crippen molar-refractivity contribution in [1.82, 2.24) is 0 Å². The molecule has 0 spiro atoms. The Morgan fingerprint density at radius 2 is 1.54 bits per heavy atom. The van der Waals surface area contributed by atoms with Gasteiger partial charge in [-0.15, -0.1) is 0 Å². The van der Waals surface area contributed by atoms with E-state index in [1.54, 1.807) is 60.7 Å². The first-order chi connectivity index (χ1) is 13.6. The maximum Gasteiger partial charge on any atom is 0.259 e. The number of hydrogen-bond donors (Lipinski definition) is 2. The predicted molar refractivity (Wildman–Crippen MR) is 109 cm³/mol. The van der Waals surface area contributed by atoms with E-state index in [1.165, 1.54) is 0 Å². The average molecular weight is 398 g/mol. The van der Waals surface area contributed by atoms with Crippen LogP contribution in [0.3, 0.4) is 0 Å². The molecule has 28 heavy (non-hydrogen) atoms. The number of carbonyl (C=O) groups is 1. The van der Waals surface area contributed by atoms with E-state index in [0.717, 1.165) is 0 Å². The van der Waals surface area contributed by atoms with Crippen molar-refractivity contribution in [3.8, 4) is 11.5 Å². The highest BCUT2D eigenvalue weighted by Gasteiger charge is 2.14. The molecule has 1 atom stereocenters. The number of para-hydroxylation sites is 2. The smallest absolute Gasteiger partial charge is 0.259 e. The third kappa shape index (κ3) is 5.74. The van der Waals surface area contributed by atoms with Crippen LogP contribution < -0.4 is 14.8 Å². The minimum absolute atomic E-state index is 0.0107. The van der Waals surface area contributed by atoms with Crippen LogP contribution in [0.2, 0.25) is 5.02 Å². The largest absolute Gasteiger partial charge is 0.491 e. The summed E-state index contributed by atoms with van der Waals surface area (Å²) in [7, 11) is 0. The fourth-order valence-electron chi connectivity index (χ4n) is 2.46. The first-order valence-electron chi connectivity index (χ1n) is 8.76. The van der Waals surface area contributed by atoms with E-state index < -0.39 is 6.10 Å². The summed E-state index contributed by atoms with van der Waals surface area (Å²) in [6, 6.07) is 22.9. The van der Waals surface area contributed by atoms with Crippen molar-refractivity contribution < 1.29 is 19.4 Å². The van der Waals surface area contributed by atoms with Crippen LogP contribution in [0.25, 0.3) is 0 Å². The maximum absolute atomic E-state index is 12.5. The van der Waals surface area contributed by atoms with Crippen molar-refractivity contribution in [2.24, 2.45) is 0 Å². The number of aliphatic hydroxyl groups is 1. The molecular weight excluding hydrogens is 378 g/mol. The van der Waals surface area contributed by atoms with Crippen molar-refractivity contribution in [2.45, 2.75) is 6.10 Å². The quantitative estimate of drug-likeness (QED) is 0.590. The Labute approximate surface area is 168 Å². The van der Waals surface area contributed by atoms with Gasteiger partial charge < -0.3 is 19.9 Å². The summed E-state index contributed by atoms with van der Waals surface area (Å²) in [6.07, 6.45) is -0.860. The van der Waals surface area contributed by atoms with Crippen LogP contribution in [0.1, 0.15) is 10.4 Å². The summed E-state index contributed by atoms with van der Waals surface area (Å²) in [6.45, 7) is 0.0449. The molecule has 0 fully saturated rings. The third-order valence-electron chi connectivity index (χ3n) is 3.85. The number of anilines is 1. The summed E-state index contributed by atoms with van der Waals surface area (Å²) in [5, 5.41) is 13.5. The summed E-state index contributed by atoms with van der Waals surface area (Å²) < 4.78 is 11.2. The molecule has 0 aliphatic rings. The van der Waals surface area contributed by atoms with E-state index in [2.05, 4.69) is 5.32 Å². The summed E-state index contributed by atoms with van der Waals surface area (Å²) >= 11 is 5.83. The Balaban J connectivity index is 1.55. The number of carbonyl (C=O) groups excluding carboxylic acids is 1. The van der Waals surface area contributed by atoms with Gasteiger partial charge in [-0.1, -0.05) is 41.9 Å². The van der Waals surface area contributed by atoms with Crippen LogP contribution in [0.15, 0.2) is 78.9 Å². The van der Waals surface area contributed by atoms with E-state index >= 15 is 0 Å². The van der Waals surface area contributed by atoms with Gasteiger partial charge in [-0.05, 0) is 48.5 Å². The Morgan fingerprint density at radius 1 is 0.893 bits per heavy atom. The lowest BCUT2D eigenvalue weighted by molar-refractivity contribution is 0.0621. The normalized spacial score (nSPS) is 11.5. The van der Waals surface area contributed by atoms with Crippen LogP contribution in [0, 0.1) is 0 Å². The lowest BCUT2D eigenvalue weighted by Gasteiger charge is -2.15. The van der Waals surface area contributed by atoms with Gasteiger partial charge in [0.15, 0.2) is 0 Å². The van der Waals surface area contributed by atoms with Gasteiger partial charge in [0, 0.05) is 10.7 Å². The highest BCUT2D eigenvalue weighted by atomic mass is 35.5. The van der Waals surface area contributed by atoms with Gasteiger partial charge in [-0.2, -0.15) is 0 Å². The minimum atomic E-state index is -0.860. The van der Waals surface area contributed by atoms with Crippen LogP contribution in [-0.4, -0.2) is 30.3 Å². The van der Waals surface area contributed by atoms with E-state index in [0.29, 0.717) is 27.8 Å². The Hall–Kier alpha value is -3.02. The van der Waals surface area contributed by atoms with Crippen molar-refractivity contribution in [2.75, 3.05) is 18.5 Å². The van der Waals surface area contributed by atoms with E-state index in [9.17, 15) is 9.90 Å². The first kappa shape index (κ1) is 19.7. The molecule has 0 bridgehead atoms. The number of halogens is 1. The molecule has 0 saturated carbocycles. The number of hydrogen-bond acceptors (Lipinski definition) is 4. The molecule has 0 aliphatic heterocycles. The molecule has 0 radical (unpaired) electrons. The fourth-order valence-corrected chi connectivity index (χ4v) is 2.58. The fraction of sp³-hybridized carbons (Fsp3) is 0.136. The van der Waals surface area contributed by atoms with Crippen LogP contribution in [0.4, 0.5) is 5.69 Å². The van der Waals surface area contributed by atoms with Gasteiger partial charge in [-0.3, -0.25) is 4.79 Å². The number of amides is 1. The van der Waals surface area contributed by atoms with Crippen molar-refractivity contribution >= 4 is 23.2 Å². The molecule has 1 amide bonds. The highest BCUT2D eigenvalue weighted by Crippen LogP contribution is 2.20. The van der Waals surface area contributed by atoms with E-state index in [1.807, 2.05) is 18.2 Å². The highest BCUT2D eigenvalue weighted by molar-refractivity contribution is 6.30. The molecule has 3 aromatic carbocycles. The second kappa shape index (κ2) is 9.78. The minimum Gasteiger partial charge on any atom is -0.491 e. The van der Waals surface area contributed by atoms with E-state index in [-0.39, 0.29) is 19.1 Å². The zero-order valence-corrected chi connectivity index (χ0v) is 15.8. The first-order valence-corrected chi connectivity index (χ1v) is 9.14. The van der Waals surface area contributed by atoms with Crippen molar-refractivity contribution in [3.63, 3.8) is 0 Å². The second-order valence-electron chi connectivity index (χ2n) is 6.05. The monoisotopic (exact) mass is 397 g/mol. The standard InChI is InChI=1S/C22H20ClNO4/c23-16-10-12-19(13-11-16)27-14-18(25)15-28-21-9-5-4-8-20(21)22(26)24-17-6-2-1-3-7-17/h1-13,18,25H,14-15H2,(H,24,26). The molecule has 1 unspecified atom stereocenters. The molecule has 5 nitrogen and oxygen atoms in total. The van der Waals surface area contributed by atoms with E-state index in [4.69, 9.17) is 21.1 Å². The Bertz CT molecular complexity index is 900. The maximum atomic E-state index is 12.5. The zero-order chi connectivity index (χ0) is 19.8. The second-order valence-corrected chi connectivity index (χ2v) is 6.48. The predicted octanol–water partition coefficient (Wildman–Crippen LogP) is 4.41. The topological polar surface area (TPSA) is 67.8 Å². The van der Waals surface area contributed by atoms with Gasteiger partial charge in [0.2, 0.25) is 0 Å². The number of ether oxygens (including phenoxy) is 2. The molecular formula is C22H20ClNO4. The SMILES string of the molecule is O=C(Nc1ccccc1)c1ccccc1OCC(O)COc1ccc(Cl)cc1. The van der Waals surface area contributed by atoms with Crippen molar-refractivity contribution in [1.29, 1.82) is 0 Å². The number of nitrogens with one attached hydrogen (secondary N) is 1. The van der Waals surface area contributed by atoms with Gasteiger partial charge in [0.1, 0.15) is 30.8 Å².